The van der Waals surface area contributed by atoms with Crippen LogP contribution in [0.15, 0.2) is 27.6 Å². The van der Waals surface area contributed by atoms with Crippen molar-refractivity contribution in [1.29, 1.82) is 0 Å². The highest BCUT2D eigenvalue weighted by atomic mass is 79.9. The molecule has 5 nitrogen and oxygen atoms in total. The van der Waals surface area contributed by atoms with Crippen molar-refractivity contribution >= 4 is 31.9 Å². The average molecular weight is 375 g/mol. The minimum absolute atomic E-state index is 0.0407. The third-order valence-electron chi connectivity index (χ3n) is 3.64. The number of amides is 1. The van der Waals surface area contributed by atoms with Crippen molar-refractivity contribution in [3.05, 3.63) is 28.2 Å². The lowest BCUT2D eigenvalue weighted by Crippen LogP contribution is -2.34. The van der Waals surface area contributed by atoms with Crippen molar-refractivity contribution in [2.75, 3.05) is 13.1 Å². The second kappa shape index (κ2) is 6.89. The Balaban J connectivity index is 2.29. The second-order valence-electron chi connectivity index (χ2n) is 5.25. The fourth-order valence-electron chi connectivity index (χ4n) is 2.47. The van der Waals surface area contributed by atoms with Gasteiger partial charge in [0.1, 0.15) is 0 Å². The van der Waals surface area contributed by atoms with E-state index in [1.807, 2.05) is 0 Å². The third-order valence-corrected chi connectivity index (χ3v) is 5.24. The van der Waals surface area contributed by atoms with Crippen LogP contribution in [-0.2, 0) is 10.0 Å². The number of sulfonamides is 1. The molecule has 1 aliphatic heterocycles. The van der Waals surface area contributed by atoms with Gasteiger partial charge in [0.15, 0.2) is 0 Å². The second-order valence-corrected chi connectivity index (χ2v) is 7.66. The van der Waals surface area contributed by atoms with Gasteiger partial charge in [0.05, 0.1) is 10.5 Å². The molecule has 0 unspecified atom stereocenters. The maximum Gasteiger partial charge on any atom is 0.255 e. The molecule has 0 spiro atoms. The minimum atomic E-state index is -3.81. The maximum absolute atomic E-state index is 12.6. The molecule has 1 aliphatic rings. The largest absolute Gasteiger partial charge is 0.339 e. The van der Waals surface area contributed by atoms with Gasteiger partial charge < -0.3 is 4.90 Å². The standard InChI is InChI=1S/C14H19BrN2O3S/c15-13-7-6-11(21(16,19)20)10-12(13)14(18)17-8-4-2-1-3-5-9-17/h6-7,10H,1-5,8-9H2,(H2,16,19,20). The molecule has 2 rings (SSSR count). The topological polar surface area (TPSA) is 80.5 Å². The summed E-state index contributed by atoms with van der Waals surface area (Å²) in [6, 6.07) is 4.29. The molecule has 0 radical (unpaired) electrons. The van der Waals surface area contributed by atoms with Gasteiger partial charge in [0.25, 0.3) is 5.91 Å². The van der Waals surface area contributed by atoms with E-state index >= 15 is 0 Å². The van der Waals surface area contributed by atoms with E-state index in [1.165, 1.54) is 18.6 Å². The molecule has 1 heterocycles. The van der Waals surface area contributed by atoms with Gasteiger partial charge in [-0.25, -0.2) is 13.6 Å². The zero-order valence-corrected chi connectivity index (χ0v) is 14.1. The van der Waals surface area contributed by atoms with E-state index in [4.69, 9.17) is 5.14 Å². The number of rotatable bonds is 2. The number of likely N-dealkylation sites (tertiary alicyclic amines) is 1. The Kier molecular flexibility index (Phi) is 5.40. The molecule has 1 aromatic carbocycles. The van der Waals surface area contributed by atoms with Gasteiger partial charge >= 0.3 is 0 Å². The molecule has 1 amide bonds. The fraction of sp³-hybridized carbons (Fsp3) is 0.500. The summed E-state index contributed by atoms with van der Waals surface area (Å²) in [5, 5.41) is 5.13. The van der Waals surface area contributed by atoms with Crippen LogP contribution < -0.4 is 5.14 Å². The fourth-order valence-corrected chi connectivity index (χ4v) is 3.42. The Morgan fingerprint density at radius 3 is 2.24 bits per heavy atom. The first kappa shape index (κ1) is 16.5. The minimum Gasteiger partial charge on any atom is -0.339 e. The summed E-state index contributed by atoms with van der Waals surface area (Å²) < 4.78 is 23.5. The lowest BCUT2D eigenvalue weighted by atomic mass is 10.1. The van der Waals surface area contributed by atoms with Gasteiger partial charge in [0.2, 0.25) is 10.0 Å². The van der Waals surface area contributed by atoms with Gasteiger partial charge in [-0.3, -0.25) is 4.79 Å². The molecule has 0 aromatic heterocycles. The van der Waals surface area contributed by atoms with Crippen LogP contribution in [0.2, 0.25) is 0 Å². The molecule has 1 fully saturated rings. The third kappa shape index (κ3) is 4.28. The van der Waals surface area contributed by atoms with Crippen LogP contribution >= 0.6 is 15.9 Å². The lowest BCUT2D eigenvalue weighted by molar-refractivity contribution is 0.0741. The highest BCUT2D eigenvalue weighted by molar-refractivity contribution is 9.10. The molecule has 1 aromatic rings. The smallest absolute Gasteiger partial charge is 0.255 e. The van der Waals surface area contributed by atoms with Crippen LogP contribution in [0.3, 0.4) is 0 Å². The summed E-state index contributed by atoms with van der Waals surface area (Å²) in [5.74, 6) is -0.144. The lowest BCUT2D eigenvalue weighted by Gasteiger charge is -2.25. The zero-order chi connectivity index (χ0) is 15.5. The Morgan fingerprint density at radius 1 is 1.10 bits per heavy atom. The molecular weight excluding hydrogens is 356 g/mol. The Labute approximate surface area is 133 Å². The SMILES string of the molecule is NS(=O)(=O)c1ccc(Br)c(C(=O)N2CCCCCCC2)c1. The molecule has 7 heteroatoms. The van der Waals surface area contributed by atoms with E-state index in [1.54, 1.807) is 11.0 Å². The average Bonchev–Trinajstić information content (AvgIpc) is 2.36. The zero-order valence-electron chi connectivity index (χ0n) is 11.7. The predicted octanol–water partition coefficient (Wildman–Crippen LogP) is 2.50. The van der Waals surface area contributed by atoms with Crippen LogP contribution in [0.1, 0.15) is 42.5 Å². The molecule has 0 bridgehead atoms. The summed E-state index contributed by atoms with van der Waals surface area (Å²) >= 11 is 3.32. The van der Waals surface area contributed by atoms with Gasteiger partial charge in [-0.2, -0.15) is 0 Å². The number of hydrogen-bond donors (Lipinski definition) is 1. The monoisotopic (exact) mass is 374 g/mol. The van der Waals surface area contributed by atoms with Gasteiger partial charge in [-0.1, -0.05) is 19.3 Å². The first-order valence-corrected chi connectivity index (χ1v) is 9.35. The van der Waals surface area contributed by atoms with E-state index in [0.717, 1.165) is 25.7 Å². The molecule has 0 aliphatic carbocycles. The van der Waals surface area contributed by atoms with E-state index < -0.39 is 10.0 Å². The summed E-state index contributed by atoms with van der Waals surface area (Å²) in [4.78, 5) is 14.4. The van der Waals surface area contributed by atoms with E-state index in [0.29, 0.717) is 23.1 Å². The van der Waals surface area contributed by atoms with Crippen molar-refractivity contribution in [3.63, 3.8) is 0 Å². The number of benzene rings is 1. The summed E-state index contributed by atoms with van der Waals surface area (Å²) in [6.07, 6.45) is 5.44. The Morgan fingerprint density at radius 2 is 1.67 bits per heavy atom. The van der Waals surface area contributed by atoms with Crippen molar-refractivity contribution in [2.24, 2.45) is 5.14 Å². The molecular formula is C14H19BrN2O3S. The number of nitrogens with zero attached hydrogens (tertiary/aromatic N) is 1. The normalized spacial score (nSPS) is 17.1. The number of nitrogens with two attached hydrogens (primary N) is 1. The van der Waals surface area contributed by atoms with Crippen molar-refractivity contribution < 1.29 is 13.2 Å². The molecule has 116 valence electrons. The maximum atomic E-state index is 12.6. The van der Waals surface area contributed by atoms with Crippen molar-refractivity contribution in [2.45, 2.75) is 37.0 Å². The molecule has 2 N–H and O–H groups in total. The number of primary sulfonamides is 1. The molecule has 1 saturated heterocycles. The number of carbonyl (C=O) groups is 1. The molecule has 0 saturated carbocycles. The van der Waals surface area contributed by atoms with Crippen LogP contribution in [0.5, 0.6) is 0 Å². The predicted molar refractivity (Wildman–Crippen MR) is 84.5 cm³/mol. The number of hydrogen-bond acceptors (Lipinski definition) is 3. The quantitative estimate of drug-likeness (QED) is 0.863. The van der Waals surface area contributed by atoms with Crippen molar-refractivity contribution in [1.82, 2.24) is 4.90 Å². The van der Waals surface area contributed by atoms with E-state index in [9.17, 15) is 13.2 Å². The van der Waals surface area contributed by atoms with Crippen molar-refractivity contribution in [3.8, 4) is 0 Å². The highest BCUT2D eigenvalue weighted by Gasteiger charge is 2.21. The Bertz CT molecular complexity index is 623. The summed E-state index contributed by atoms with van der Waals surface area (Å²) in [6.45, 7) is 1.43. The summed E-state index contributed by atoms with van der Waals surface area (Å²) in [5.41, 5.74) is 0.349. The van der Waals surface area contributed by atoms with Crippen LogP contribution in [0, 0.1) is 0 Å². The van der Waals surface area contributed by atoms with Gasteiger partial charge in [0, 0.05) is 17.6 Å². The first-order valence-electron chi connectivity index (χ1n) is 7.01. The van der Waals surface area contributed by atoms with Gasteiger partial charge in [-0.15, -0.1) is 0 Å². The Hall–Kier alpha value is -0.920. The van der Waals surface area contributed by atoms with Crippen LogP contribution in [0.25, 0.3) is 0 Å². The first-order chi connectivity index (χ1) is 9.89. The summed E-state index contributed by atoms with van der Waals surface area (Å²) in [7, 11) is -3.81. The number of halogens is 1. The van der Waals surface area contributed by atoms with Gasteiger partial charge in [-0.05, 0) is 47.0 Å². The van der Waals surface area contributed by atoms with Crippen LogP contribution in [0.4, 0.5) is 0 Å². The van der Waals surface area contributed by atoms with Crippen LogP contribution in [-0.4, -0.2) is 32.3 Å². The molecule has 0 atom stereocenters. The van der Waals surface area contributed by atoms with E-state index in [2.05, 4.69) is 15.9 Å². The molecule has 21 heavy (non-hydrogen) atoms. The highest BCUT2D eigenvalue weighted by Crippen LogP contribution is 2.23. The van der Waals surface area contributed by atoms with E-state index in [-0.39, 0.29) is 10.8 Å². The number of carbonyl (C=O) groups excluding carboxylic acids is 1.